The van der Waals surface area contributed by atoms with E-state index in [0.29, 0.717) is 43.1 Å². The summed E-state index contributed by atoms with van der Waals surface area (Å²) in [5, 5.41) is 0. The Morgan fingerprint density at radius 1 is 1.08 bits per heavy atom. The first-order valence-corrected chi connectivity index (χ1v) is 14.8. The number of hydrogen-bond donors (Lipinski definition) is 0. The molecule has 0 aromatic heterocycles. The number of amides is 1. The van der Waals surface area contributed by atoms with Gasteiger partial charge in [0, 0.05) is 42.7 Å². The lowest BCUT2D eigenvalue weighted by molar-refractivity contribution is -0.228. The molecule has 0 aliphatic carbocycles. The minimum atomic E-state index is -5.10. The molecule has 3 atom stereocenters. The standard InChI is InChI=1S/C28H31F5N2O3S/c1-26(30,28(31,32)33)20-6-7-22-23(15-20)34(2)17-24-27(22,16-18-4-3-5-21(29)14-18)10-11-35(24)25(36)19-8-12-39(37,38)13-9-19/h3-7,14-15,19,24H,8-13,16-17H2,1-2H3. The third kappa shape index (κ3) is 4.80. The van der Waals surface area contributed by atoms with Crippen molar-refractivity contribution in [3.05, 3.63) is 65.0 Å². The highest BCUT2D eigenvalue weighted by Crippen LogP contribution is 2.52. The van der Waals surface area contributed by atoms with Crippen molar-refractivity contribution < 1.29 is 35.2 Å². The molecule has 11 heteroatoms. The maximum atomic E-state index is 14.9. The maximum Gasteiger partial charge on any atom is 0.426 e. The van der Waals surface area contributed by atoms with Crippen LogP contribution < -0.4 is 4.90 Å². The fraction of sp³-hybridized carbons (Fsp3) is 0.536. The first-order valence-electron chi connectivity index (χ1n) is 13.0. The van der Waals surface area contributed by atoms with Crippen molar-refractivity contribution >= 4 is 21.4 Å². The molecule has 5 rings (SSSR count). The van der Waals surface area contributed by atoms with E-state index in [-0.39, 0.29) is 42.8 Å². The van der Waals surface area contributed by atoms with Gasteiger partial charge in [0.15, 0.2) is 0 Å². The number of nitrogens with zero attached hydrogens (tertiary/aromatic N) is 2. The largest absolute Gasteiger partial charge is 0.426 e. The number of carbonyl (C=O) groups is 1. The quantitative estimate of drug-likeness (QED) is 0.490. The molecule has 3 unspecified atom stereocenters. The highest BCUT2D eigenvalue weighted by molar-refractivity contribution is 7.91. The Labute approximate surface area is 224 Å². The van der Waals surface area contributed by atoms with Crippen LogP contribution in [-0.2, 0) is 32.1 Å². The lowest BCUT2D eigenvalue weighted by Gasteiger charge is -2.48. The van der Waals surface area contributed by atoms with E-state index in [1.807, 2.05) is 0 Å². The number of anilines is 1. The van der Waals surface area contributed by atoms with Crippen LogP contribution in [0.25, 0.3) is 0 Å². The molecule has 0 spiro atoms. The summed E-state index contributed by atoms with van der Waals surface area (Å²) in [5.74, 6) is -1.05. The molecule has 39 heavy (non-hydrogen) atoms. The summed E-state index contributed by atoms with van der Waals surface area (Å²) in [6.45, 7) is 1.17. The second kappa shape index (κ2) is 9.45. The molecule has 2 aromatic rings. The molecule has 3 aliphatic rings. The van der Waals surface area contributed by atoms with E-state index in [0.717, 1.165) is 6.07 Å². The molecule has 3 heterocycles. The number of likely N-dealkylation sites (N-methyl/N-ethyl adjacent to an activating group) is 1. The predicted octanol–water partition coefficient (Wildman–Crippen LogP) is 4.93. The number of alkyl halides is 4. The van der Waals surface area contributed by atoms with Gasteiger partial charge < -0.3 is 9.80 Å². The minimum Gasteiger partial charge on any atom is -0.372 e. The van der Waals surface area contributed by atoms with Crippen LogP contribution in [0.3, 0.4) is 0 Å². The summed E-state index contributed by atoms with van der Waals surface area (Å²) >= 11 is 0. The second-order valence-electron chi connectivity index (χ2n) is 11.3. The smallest absolute Gasteiger partial charge is 0.372 e. The molecule has 0 saturated carbocycles. The molecule has 0 N–H and O–H groups in total. The molecule has 1 amide bonds. The van der Waals surface area contributed by atoms with Crippen LogP contribution in [0.1, 0.15) is 42.9 Å². The Kier molecular flexibility index (Phi) is 6.75. The number of fused-ring (bicyclic) bond motifs is 3. The van der Waals surface area contributed by atoms with E-state index >= 15 is 0 Å². The van der Waals surface area contributed by atoms with Gasteiger partial charge in [0.1, 0.15) is 15.7 Å². The van der Waals surface area contributed by atoms with Gasteiger partial charge in [-0.3, -0.25) is 4.79 Å². The van der Waals surface area contributed by atoms with Crippen molar-refractivity contribution in [1.29, 1.82) is 0 Å². The van der Waals surface area contributed by atoms with Gasteiger partial charge >= 0.3 is 6.18 Å². The molecule has 2 fully saturated rings. The van der Waals surface area contributed by atoms with Crippen molar-refractivity contribution in [2.45, 2.75) is 55.9 Å². The Morgan fingerprint density at radius 2 is 1.77 bits per heavy atom. The highest BCUT2D eigenvalue weighted by atomic mass is 32.2. The van der Waals surface area contributed by atoms with Crippen LogP contribution in [0.15, 0.2) is 42.5 Å². The number of likely N-dealkylation sites (tertiary alicyclic amines) is 1. The zero-order chi connectivity index (χ0) is 28.4. The van der Waals surface area contributed by atoms with Crippen LogP contribution >= 0.6 is 0 Å². The summed E-state index contributed by atoms with van der Waals surface area (Å²) in [4.78, 5) is 17.2. The van der Waals surface area contributed by atoms with Gasteiger partial charge in [-0.1, -0.05) is 24.3 Å². The first kappa shape index (κ1) is 27.9. The Hall–Kier alpha value is -2.69. The topological polar surface area (TPSA) is 57.7 Å². The van der Waals surface area contributed by atoms with Gasteiger partial charge in [0.2, 0.25) is 11.6 Å². The number of halogens is 5. The fourth-order valence-electron chi connectivity index (χ4n) is 6.56. The van der Waals surface area contributed by atoms with Crippen LogP contribution in [0.5, 0.6) is 0 Å². The van der Waals surface area contributed by atoms with Crippen LogP contribution in [0.4, 0.5) is 27.6 Å². The number of sulfone groups is 1. The van der Waals surface area contributed by atoms with Gasteiger partial charge in [-0.05, 0) is 61.9 Å². The van der Waals surface area contributed by atoms with E-state index < -0.39 is 44.4 Å². The minimum absolute atomic E-state index is 0.0386. The molecule has 212 valence electrons. The van der Waals surface area contributed by atoms with Crippen molar-refractivity contribution in [3.63, 3.8) is 0 Å². The third-order valence-corrected chi connectivity index (χ3v) is 10.6. The Balaban J connectivity index is 1.57. The summed E-state index contributed by atoms with van der Waals surface area (Å²) in [6, 6.07) is 9.65. The number of rotatable bonds is 4. The SMILES string of the molecule is CN1CC2N(C(=O)C3CCS(=O)(=O)CC3)CCC2(Cc2cccc(F)c2)c2ccc(C(C)(F)C(F)(F)F)cc21. The molecular weight excluding hydrogens is 539 g/mol. The van der Waals surface area contributed by atoms with Gasteiger partial charge in [-0.15, -0.1) is 0 Å². The summed E-state index contributed by atoms with van der Waals surface area (Å²) < 4.78 is 93.5. The Morgan fingerprint density at radius 3 is 2.41 bits per heavy atom. The second-order valence-corrected chi connectivity index (χ2v) is 13.6. The van der Waals surface area contributed by atoms with E-state index in [1.165, 1.54) is 24.3 Å². The van der Waals surface area contributed by atoms with Gasteiger partial charge in [0.05, 0.1) is 17.5 Å². The van der Waals surface area contributed by atoms with Gasteiger partial charge in [0.25, 0.3) is 0 Å². The Bertz CT molecular complexity index is 1380. The maximum absolute atomic E-state index is 14.9. The molecule has 3 aliphatic heterocycles. The monoisotopic (exact) mass is 570 g/mol. The van der Waals surface area contributed by atoms with E-state index in [1.54, 1.807) is 29.0 Å². The summed E-state index contributed by atoms with van der Waals surface area (Å²) in [6.07, 6.45) is -3.77. The van der Waals surface area contributed by atoms with E-state index in [4.69, 9.17) is 0 Å². The predicted molar refractivity (Wildman–Crippen MR) is 138 cm³/mol. The van der Waals surface area contributed by atoms with Crippen LogP contribution in [0.2, 0.25) is 0 Å². The number of benzene rings is 2. The van der Waals surface area contributed by atoms with Crippen LogP contribution in [0, 0.1) is 11.7 Å². The lowest BCUT2D eigenvalue weighted by atomic mass is 9.67. The lowest BCUT2D eigenvalue weighted by Crippen LogP contribution is -2.56. The number of hydrogen-bond acceptors (Lipinski definition) is 4. The van der Waals surface area contributed by atoms with Crippen molar-refractivity contribution in [3.8, 4) is 0 Å². The van der Waals surface area contributed by atoms with Crippen LogP contribution in [-0.4, -0.2) is 63.1 Å². The van der Waals surface area contributed by atoms with Crippen molar-refractivity contribution in [1.82, 2.24) is 4.90 Å². The molecular formula is C28H31F5N2O3S. The summed E-state index contributed by atoms with van der Waals surface area (Å²) in [7, 11) is -1.45. The fourth-order valence-corrected chi connectivity index (χ4v) is 8.05. The zero-order valence-electron chi connectivity index (χ0n) is 21.8. The first-order chi connectivity index (χ1) is 18.1. The van der Waals surface area contributed by atoms with Crippen molar-refractivity contribution in [2.75, 3.05) is 36.5 Å². The molecule has 2 aromatic carbocycles. The summed E-state index contributed by atoms with van der Waals surface area (Å²) in [5.41, 5.74) is -2.97. The number of carbonyl (C=O) groups excluding carboxylic acids is 1. The molecule has 0 bridgehead atoms. The van der Waals surface area contributed by atoms with Gasteiger partial charge in [-0.25, -0.2) is 17.2 Å². The molecule has 2 saturated heterocycles. The highest BCUT2D eigenvalue weighted by Gasteiger charge is 2.57. The zero-order valence-corrected chi connectivity index (χ0v) is 22.6. The van der Waals surface area contributed by atoms with Crippen molar-refractivity contribution in [2.24, 2.45) is 5.92 Å². The average Bonchev–Trinajstić information content (AvgIpc) is 3.21. The molecule has 5 nitrogen and oxygen atoms in total. The average molecular weight is 571 g/mol. The van der Waals surface area contributed by atoms with E-state index in [2.05, 4.69) is 0 Å². The molecule has 0 radical (unpaired) electrons. The normalized spacial score (nSPS) is 26.6. The van der Waals surface area contributed by atoms with Gasteiger partial charge in [-0.2, -0.15) is 13.2 Å². The van der Waals surface area contributed by atoms with E-state index in [9.17, 15) is 35.2 Å². The third-order valence-electron chi connectivity index (χ3n) is 8.88.